The number of rotatable bonds is 5. The zero-order valence-corrected chi connectivity index (χ0v) is 20.8. The summed E-state index contributed by atoms with van der Waals surface area (Å²) in [5.41, 5.74) is 5.66. The number of para-hydroxylation sites is 1. The molecule has 2 amide bonds. The van der Waals surface area contributed by atoms with Gasteiger partial charge in [-0.1, -0.05) is 42.5 Å². The van der Waals surface area contributed by atoms with E-state index in [-0.39, 0.29) is 11.8 Å². The van der Waals surface area contributed by atoms with E-state index in [0.717, 1.165) is 56.3 Å². The molecule has 2 aliphatic rings. The minimum Gasteiger partial charge on any atom is -0.497 e. The molecule has 0 atom stereocenters. The van der Waals surface area contributed by atoms with Crippen molar-refractivity contribution in [3.05, 3.63) is 94.9 Å². The molecular weight excluding hydrogens is 468 g/mol. The maximum absolute atomic E-state index is 13.8. The van der Waals surface area contributed by atoms with Gasteiger partial charge in [-0.25, -0.2) is 0 Å². The van der Waals surface area contributed by atoms with Crippen LogP contribution in [0.25, 0.3) is 21.6 Å². The van der Waals surface area contributed by atoms with Gasteiger partial charge in [-0.15, -0.1) is 11.3 Å². The van der Waals surface area contributed by atoms with Gasteiger partial charge >= 0.3 is 0 Å². The number of thiophene rings is 1. The van der Waals surface area contributed by atoms with E-state index in [1.54, 1.807) is 7.11 Å². The molecule has 36 heavy (non-hydrogen) atoms. The number of amides is 2. The SMILES string of the molecule is COc1ccc(-c2cccc(C(=O)N3CCc4cc(C(=O)NC5CC5)sc4-c4ccccc43)c2)cc1. The molecule has 180 valence electrons. The quantitative estimate of drug-likeness (QED) is 0.360. The van der Waals surface area contributed by atoms with Gasteiger partial charge in [-0.2, -0.15) is 0 Å². The number of nitrogens with one attached hydrogen (secondary N) is 1. The predicted molar refractivity (Wildman–Crippen MR) is 144 cm³/mol. The third-order valence-electron chi connectivity index (χ3n) is 6.77. The van der Waals surface area contributed by atoms with E-state index >= 15 is 0 Å². The third kappa shape index (κ3) is 4.29. The number of carbonyl (C=O) groups is 2. The highest BCUT2D eigenvalue weighted by molar-refractivity contribution is 7.17. The molecule has 6 rings (SSSR count). The van der Waals surface area contributed by atoms with Crippen LogP contribution in [0.2, 0.25) is 0 Å². The largest absolute Gasteiger partial charge is 0.497 e. The lowest BCUT2D eigenvalue weighted by atomic mass is 10.0. The van der Waals surface area contributed by atoms with E-state index < -0.39 is 0 Å². The lowest BCUT2D eigenvalue weighted by molar-refractivity contribution is 0.0953. The van der Waals surface area contributed by atoms with Gasteiger partial charge in [0.15, 0.2) is 0 Å². The number of nitrogens with zero attached hydrogens (tertiary/aromatic N) is 1. The minimum atomic E-state index is -0.0281. The molecule has 1 aliphatic carbocycles. The fraction of sp³-hybridized carbons (Fsp3) is 0.200. The highest BCUT2D eigenvalue weighted by Gasteiger charge is 2.29. The molecule has 0 saturated heterocycles. The van der Waals surface area contributed by atoms with Gasteiger partial charge < -0.3 is 15.0 Å². The van der Waals surface area contributed by atoms with Crippen molar-refractivity contribution in [1.29, 1.82) is 0 Å². The van der Waals surface area contributed by atoms with Gasteiger partial charge in [-0.05, 0) is 72.4 Å². The molecule has 6 heteroatoms. The second-order valence-corrected chi connectivity index (χ2v) is 10.3. The fourth-order valence-corrected chi connectivity index (χ4v) is 5.82. The number of carbonyl (C=O) groups excluding carboxylic acids is 2. The Morgan fingerprint density at radius 2 is 1.75 bits per heavy atom. The Labute approximate surface area is 214 Å². The van der Waals surface area contributed by atoms with E-state index in [1.807, 2.05) is 83.8 Å². The van der Waals surface area contributed by atoms with Crippen LogP contribution in [-0.4, -0.2) is 31.5 Å². The molecule has 1 N–H and O–H groups in total. The fourth-order valence-electron chi connectivity index (χ4n) is 4.67. The van der Waals surface area contributed by atoms with Crippen LogP contribution < -0.4 is 15.0 Å². The number of fused-ring (bicyclic) bond motifs is 3. The van der Waals surface area contributed by atoms with Crippen molar-refractivity contribution < 1.29 is 14.3 Å². The van der Waals surface area contributed by atoms with Crippen molar-refractivity contribution in [1.82, 2.24) is 5.32 Å². The van der Waals surface area contributed by atoms with Gasteiger partial charge in [-0.3, -0.25) is 9.59 Å². The standard InChI is InChI=1S/C30H26N2O3S/c1-35-24-13-9-19(10-14-24)20-5-4-6-22(17-20)30(34)32-16-15-21-18-27(29(33)31-23-11-12-23)36-28(21)25-7-2-3-8-26(25)32/h2-10,13-14,17-18,23H,11-12,15-16H2,1H3,(H,31,33). The molecule has 0 unspecified atom stereocenters. The van der Waals surface area contributed by atoms with Crippen LogP contribution >= 0.6 is 11.3 Å². The average Bonchev–Trinajstić information content (AvgIpc) is 3.67. The molecule has 4 aromatic rings. The summed E-state index contributed by atoms with van der Waals surface area (Å²) < 4.78 is 5.27. The van der Waals surface area contributed by atoms with Gasteiger partial charge in [0, 0.05) is 28.6 Å². The molecule has 0 bridgehead atoms. The van der Waals surface area contributed by atoms with Crippen molar-refractivity contribution in [2.45, 2.75) is 25.3 Å². The molecule has 1 aromatic heterocycles. The van der Waals surface area contributed by atoms with Crippen molar-refractivity contribution in [2.75, 3.05) is 18.6 Å². The Bertz CT molecular complexity index is 1450. The van der Waals surface area contributed by atoms with E-state index in [1.165, 1.54) is 11.3 Å². The summed E-state index contributed by atoms with van der Waals surface area (Å²) in [5.74, 6) is 0.781. The van der Waals surface area contributed by atoms with Crippen LogP contribution in [-0.2, 0) is 6.42 Å². The van der Waals surface area contributed by atoms with Crippen molar-refractivity contribution in [3.63, 3.8) is 0 Å². The first-order valence-corrected chi connectivity index (χ1v) is 13.0. The molecule has 1 fully saturated rings. The highest BCUT2D eigenvalue weighted by Crippen LogP contribution is 2.42. The number of anilines is 1. The summed E-state index contributed by atoms with van der Waals surface area (Å²) >= 11 is 1.52. The predicted octanol–water partition coefficient (Wildman–Crippen LogP) is 6.19. The second-order valence-electron chi connectivity index (χ2n) is 9.25. The van der Waals surface area contributed by atoms with Crippen molar-refractivity contribution in [3.8, 4) is 27.3 Å². The monoisotopic (exact) mass is 494 g/mol. The molecule has 1 saturated carbocycles. The summed E-state index contributed by atoms with van der Waals surface area (Å²) in [5, 5.41) is 3.09. The lowest BCUT2D eigenvalue weighted by Gasteiger charge is -2.23. The van der Waals surface area contributed by atoms with Gasteiger partial charge in [0.05, 0.1) is 17.7 Å². The van der Waals surface area contributed by atoms with Crippen LogP contribution in [0.5, 0.6) is 5.75 Å². The average molecular weight is 495 g/mol. The number of ether oxygens (including phenoxy) is 1. The molecule has 3 aromatic carbocycles. The smallest absolute Gasteiger partial charge is 0.261 e. The van der Waals surface area contributed by atoms with Crippen LogP contribution in [0.4, 0.5) is 5.69 Å². The second kappa shape index (κ2) is 9.28. The normalized spacial score (nSPS) is 14.4. The Kier molecular flexibility index (Phi) is 5.82. The third-order valence-corrected chi connectivity index (χ3v) is 7.98. The van der Waals surface area contributed by atoms with Gasteiger partial charge in [0.1, 0.15) is 5.75 Å². The summed E-state index contributed by atoms with van der Waals surface area (Å²) in [6, 6.07) is 25.9. The maximum Gasteiger partial charge on any atom is 0.261 e. The van der Waals surface area contributed by atoms with Crippen LogP contribution in [0.1, 0.15) is 38.4 Å². The number of hydrogen-bond donors (Lipinski definition) is 1. The van der Waals surface area contributed by atoms with Crippen molar-refractivity contribution >= 4 is 28.8 Å². The highest BCUT2D eigenvalue weighted by atomic mass is 32.1. The van der Waals surface area contributed by atoms with E-state index in [0.29, 0.717) is 24.6 Å². The number of hydrogen-bond acceptors (Lipinski definition) is 4. The van der Waals surface area contributed by atoms with Gasteiger partial charge in [0.2, 0.25) is 0 Å². The van der Waals surface area contributed by atoms with Crippen molar-refractivity contribution in [2.24, 2.45) is 0 Å². The lowest BCUT2D eigenvalue weighted by Crippen LogP contribution is -2.32. The van der Waals surface area contributed by atoms with Crippen LogP contribution in [0, 0.1) is 0 Å². The summed E-state index contributed by atoms with van der Waals surface area (Å²) in [7, 11) is 1.65. The molecule has 0 spiro atoms. The van der Waals surface area contributed by atoms with E-state index in [9.17, 15) is 9.59 Å². The molecule has 2 heterocycles. The first-order chi connectivity index (χ1) is 17.6. The van der Waals surface area contributed by atoms with E-state index in [2.05, 4.69) is 5.32 Å². The zero-order chi connectivity index (χ0) is 24.6. The number of benzene rings is 3. The molecule has 5 nitrogen and oxygen atoms in total. The first-order valence-electron chi connectivity index (χ1n) is 12.2. The molecule has 0 radical (unpaired) electrons. The summed E-state index contributed by atoms with van der Waals surface area (Å²) in [6.45, 7) is 0.552. The summed E-state index contributed by atoms with van der Waals surface area (Å²) in [6.07, 6.45) is 2.83. The van der Waals surface area contributed by atoms with E-state index in [4.69, 9.17) is 4.74 Å². The topological polar surface area (TPSA) is 58.6 Å². The molecular formula is C30H26N2O3S. The Morgan fingerprint density at radius 3 is 2.53 bits per heavy atom. The minimum absolute atomic E-state index is 0.0105. The van der Waals surface area contributed by atoms with Crippen LogP contribution in [0.15, 0.2) is 78.9 Å². The maximum atomic E-state index is 13.8. The zero-order valence-electron chi connectivity index (χ0n) is 20.0. The first kappa shape index (κ1) is 22.6. The van der Waals surface area contributed by atoms with Crippen LogP contribution in [0.3, 0.4) is 0 Å². The summed E-state index contributed by atoms with van der Waals surface area (Å²) in [4.78, 5) is 30.2. The Morgan fingerprint density at radius 1 is 0.944 bits per heavy atom. The number of methoxy groups -OCH3 is 1. The molecule has 1 aliphatic heterocycles. The Hall–Kier alpha value is -3.90. The van der Waals surface area contributed by atoms with Gasteiger partial charge in [0.25, 0.3) is 11.8 Å². The Balaban J connectivity index is 1.32.